The minimum absolute atomic E-state index is 0.0615. The number of hydrogen-bond donors (Lipinski definition) is 1. The summed E-state index contributed by atoms with van der Waals surface area (Å²) in [5, 5.41) is 9.09. The number of ether oxygens (including phenoxy) is 5. The first-order valence-electron chi connectivity index (χ1n) is 13.6. The fourth-order valence-electron chi connectivity index (χ4n) is 3.94. The maximum atomic E-state index is 9.09. The second-order valence-corrected chi connectivity index (χ2v) is 8.94. The van der Waals surface area contributed by atoms with Gasteiger partial charge in [-0.05, 0) is 38.5 Å². The Labute approximate surface area is 203 Å². The molecule has 6 nitrogen and oxygen atoms in total. The molecule has 0 aliphatic carbocycles. The van der Waals surface area contributed by atoms with Gasteiger partial charge in [0.15, 0.2) is 0 Å². The van der Waals surface area contributed by atoms with Crippen LogP contribution in [0.1, 0.15) is 91.9 Å². The average Bonchev–Trinajstić information content (AvgIpc) is 2.82. The van der Waals surface area contributed by atoms with Crippen molar-refractivity contribution >= 4 is 0 Å². The van der Waals surface area contributed by atoms with Crippen LogP contribution in [-0.4, -0.2) is 75.3 Å². The minimum atomic E-state index is -0.203. The van der Waals surface area contributed by atoms with Gasteiger partial charge in [-0.3, -0.25) is 0 Å². The summed E-state index contributed by atoms with van der Waals surface area (Å²) < 4.78 is 31.9. The molecule has 0 amide bonds. The standard InChI is InChI=1S/C27H52O6/c1-5-9-18-29-22-24-26(31-20-11-7-3)27(32-21-12-8-4)25(30-19-10-6-2)23(33-24)16-14-13-15-17-28/h13,15,23-28H,5-12,14,16-22H2,1-4H3/b15-13+/t23-,24?,25?,26+,27-/m1/s1. The average molecular weight is 473 g/mol. The van der Waals surface area contributed by atoms with Gasteiger partial charge in [-0.2, -0.15) is 0 Å². The molecule has 1 rings (SSSR count). The van der Waals surface area contributed by atoms with E-state index in [1.165, 1.54) is 0 Å². The van der Waals surface area contributed by atoms with Gasteiger partial charge in [-0.25, -0.2) is 0 Å². The van der Waals surface area contributed by atoms with E-state index < -0.39 is 0 Å². The van der Waals surface area contributed by atoms with Crippen molar-refractivity contribution < 1.29 is 28.8 Å². The Bertz CT molecular complexity index is 458. The van der Waals surface area contributed by atoms with E-state index in [4.69, 9.17) is 28.8 Å². The molecule has 0 aromatic heterocycles. The molecule has 1 N–H and O–H groups in total. The Morgan fingerprint density at radius 1 is 0.667 bits per heavy atom. The molecular formula is C27H52O6. The number of aliphatic hydroxyl groups is 1. The van der Waals surface area contributed by atoms with Crippen molar-refractivity contribution in [2.45, 2.75) is 122 Å². The number of unbranched alkanes of at least 4 members (excludes halogenated alkanes) is 4. The van der Waals surface area contributed by atoms with Gasteiger partial charge in [-0.1, -0.05) is 65.5 Å². The van der Waals surface area contributed by atoms with Gasteiger partial charge in [0.05, 0.1) is 19.3 Å². The summed E-state index contributed by atoms with van der Waals surface area (Å²) in [5.74, 6) is 0. The molecule has 1 aliphatic rings. The molecule has 6 heteroatoms. The van der Waals surface area contributed by atoms with Crippen LogP contribution in [0.5, 0.6) is 0 Å². The quantitative estimate of drug-likeness (QED) is 0.177. The lowest BCUT2D eigenvalue weighted by molar-refractivity contribution is -0.266. The van der Waals surface area contributed by atoms with E-state index in [0.29, 0.717) is 26.4 Å². The number of hydrogen-bond acceptors (Lipinski definition) is 6. The van der Waals surface area contributed by atoms with Gasteiger partial charge in [0.1, 0.15) is 24.4 Å². The third-order valence-electron chi connectivity index (χ3n) is 5.97. The van der Waals surface area contributed by atoms with Crippen molar-refractivity contribution in [1.29, 1.82) is 0 Å². The van der Waals surface area contributed by atoms with Gasteiger partial charge in [0.2, 0.25) is 0 Å². The Balaban J connectivity index is 3.06. The Hall–Kier alpha value is -0.500. The molecule has 33 heavy (non-hydrogen) atoms. The first kappa shape index (κ1) is 30.5. The van der Waals surface area contributed by atoms with E-state index in [1.54, 1.807) is 6.08 Å². The van der Waals surface area contributed by atoms with E-state index >= 15 is 0 Å². The summed E-state index contributed by atoms with van der Waals surface area (Å²) in [4.78, 5) is 0. The summed E-state index contributed by atoms with van der Waals surface area (Å²) in [5.41, 5.74) is 0. The Morgan fingerprint density at radius 2 is 1.18 bits per heavy atom. The van der Waals surface area contributed by atoms with Crippen LogP contribution in [0.4, 0.5) is 0 Å². The molecule has 0 aromatic rings. The molecule has 1 aliphatic heterocycles. The van der Waals surface area contributed by atoms with Crippen LogP contribution in [0.3, 0.4) is 0 Å². The van der Waals surface area contributed by atoms with Crippen molar-refractivity contribution in [2.24, 2.45) is 0 Å². The molecule has 0 saturated carbocycles. The maximum absolute atomic E-state index is 9.09. The lowest BCUT2D eigenvalue weighted by Crippen LogP contribution is -2.61. The van der Waals surface area contributed by atoms with Gasteiger partial charge in [0.25, 0.3) is 0 Å². The second kappa shape index (κ2) is 20.8. The summed E-state index contributed by atoms with van der Waals surface area (Å²) in [6.45, 7) is 12.1. The zero-order chi connectivity index (χ0) is 24.2. The molecule has 1 saturated heterocycles. The fourth-order valence-corrected chi connectivity index (χ4v) is 3.94. The van der Waals surface area contributed by atoms with Crippen LogP contribution < -0.4 is 0 Å². The van der Waals surface area contributed by atoms with Gasteiger partial charge >= 0.3 is 0 Å². The Morgan fingerprint density at radius 3 is 1.73 bits per heavy atom. The van der Waals surface area contributed by atoms with Crippen molar-refractivity contribution in [3.05, 3.63) is 12.2 Å². The number of allylic oxidation sites excluding steroid dienone is 1. The highest BCUT2D eigenvalue weighted by Gasteiger charge is 2.47. The highest BCUT2D eigenvalue weighted by atomic mass is 16.6. The molecule has 0 radical (unpaired) electrons. The normalized spacial score (nSPS) is 25.8. The molecule has 1 fully saturated rings. The van der Waals surface area contributed by atoms with Gasteiger partial charge < -0.3 is 28.8 Å². The molecule has 0 bridgehead atoms. The van der Waals surface area contributed by atoms with Crippen LogP contribution in [0.15, 0.2) is 12.2 Å². The summed E-state index contributed by atoms with van der Waals surface area (Å²) in [6.07, 6.45) is 13.1. The predicted molar refractivity (Wildman–Crippen MR) is 134 cm³/mol. The lowest BCUT2D eigenvalue weighted by atomic mass is 9.91. The molecule has 5 atom stereocenters. The van der Waals surface area contributed by atoms with Gasteiger partial charge in [0, 0.05) is 26.4 Å². The number of rotatable bonds is 21. The van der Waals surface area contributed by atoms with Crippen molar-refractivity contribution in [2.75, 3.05) is 39.6 Å². The van der Waals surface area contributed by atoms with Crippen LogP contribution in [0.25, 0.3) is 0 Å². The van der Waals surface area contributed by atoms with E-state index in [1.807, 2.05) is 6.08 Å². The Kier molecular flexibility index (Phi) is 19.3. The zero-order valence-electron chi connectivity index (χ0n) is 21.8. The van der Waals surface area contributed by atoms with E-state index in [-0.39, 0.29) is 37.1 Å². The van der Waals surface area contributed by atoms with Crippen LogP contribution in [0.2, 0.25) is 0 Å². The molecule has 0 spiro atoms. The summed E-state index contributed by atoms with van der Waals surface area (Å²) >= 11 is 0. The highest BCUT2D eigenvalue weighted by Crippen LogP contribution is 2.31. The first-order valence-corrected chi connectivity index (χ1v) is 13.6. The highest BCUT2D eigenvalue weighted by molar-refractivity contribution is 4.97. The fraction of sp³-hybridized carbons (Fsp3) is 0.926. The SMILES string of the molecule is CCCCOCC1O[C@H](CC/C=C/CO)C(OCCCC)[C@@H](OCCCC)[C@H]1OCCCC. The predicted octanol–water partition coefficient (Wildman–Crippen LogP) is 5.46. The van der Waals surface area contributed by atoms with Crippen molar-refractivity contribution in [1.82, 2.24) is 0 Å². The van der Waals surface area contributed by atoms with Gasteiger partial charge in [-0.15, -0.1) is 0 Å². The third kappa shape index (κ3) is 12.7. The van der Waals surface area contributed by atoms with Crippen molar-refractivity contribution in [3.8, 4) is 0 Å². The molecule has 1 heterocycles. The third-order valence-corrected chi connectivity index (χ3v) is 5.97. The van der Waals surface area contributed by atoms with E-state index in [9.17, 15) is 0 Å². The van der Waals surface area contributed by atoms with Crippen LogP contribution in [0, 0.1) is 0 Å². The molecule has 196 valence electrons. The largest absolute Gasteiger partial charge is 0.392 e. The van der Waals surface area contributed by atoms with Crippen LogP contribution >= 0.6 is 0 Å². The van der Waals surface area contributed by atoms with E-state index in [0.717, 1.165) is 70.8 Å². The molecule has 2 unspecified atom stereocenters. The zero-order valence-corrected chi connectivity index (χ0v) is 21.8. The summed E-state index contributed by atoms with van der Waals surface area (Å²) in [7, 11) is 0. The number of aliphatic hydroxyl groups excluding tert-OH is 1. The maximum Gasteiger partial charge on any atom is 0.115 e. The molecular weight excluding hydrogens is 420 g/mol. The van der Waals surface area contributed by atoms with Crippen LogP contribution in [-0.2, 0) is 23.7 Å². The smallest absolute Gasteiger partial charge is 0.115 e. The first-order chi connectivity index (χ1) is 16.2. The summed E-state index contributed by atoms with van der Waals surface area (Å²) in [6, 6.07) is 0. The lowest BCUT2D eigenvalue weighted by Gasteiger charge is -2.46. The molecule has 0 aromatic carbocycles. The minimum Gasteiger partial charge on any atom is -0.392 e. The second-order valence-electron chi connectivity index (χ2n) is 8.94. The monoisotopic (exact) mass is 472 g/mol. The van der Waals surface area contributed by atoms with Crippen molar-refractivity contribution in [3.63, 3.8) is 0 Å². The van der Waals surface area contributed by atoms with E-state index in [2.05, 4.69) is 27.7 Å². The topological polar surface area (TPSA) is 66.4 Å².